The molecule has 1 N–H and O–H groups in total. The van der Waals surface area contributed by atoms with Crippen molar-refractivity contribution in [3.05, 3.63) is 59.5 Å². The second-order valence-electron chi connectivity index (χ2n) is 7.31. The zero-order chi connectivity index (χ0) is 23.5. The Morgan fingerprint density at radius 1 is 1.00 bits per heavy atom. The second kappa shape index (κ2) is 9.15. The maximum Gasteiger partial charge on any atom is 0.278 e. The van der Waals surface area contributed by atoms with Crippen LogP contribution in [0.2, 0.25) is 0 Å². The van der Waals surface area contributed by atoms with E-state index in [1.807, 2.05) is 32.0 Å². The molecule has 9 nitrogen and oxygen atoms in total. The number of nitrogens with one attached hydrogen (secondary N) is 1. The summed E-state index contributed by atoms with van der Waals surface area (Å²) in [5, 5.41) is 16.0. The lowest BCUT2D eigenvalue weighted by Gasteiger charge is -2.10. The Balaban J connectivity index is 1.68. The van der Waals surface area contributed by atoms with Gasteiger partial charge in [0.15, 0.2) is 22.8 Å². The van der Waals surface area contributed by atoms with E-state index in [4.69, 9.17) is 14.2 Å². The first-order valence-electron chi connectivity index (χ1n) is 10.5. The van der Waals surface area contributed by atoms with E-state index in [1.165, 1.54) is 0 Å². The minimum atomic E-state index is -0.369. The van der Waals surface area contributed by atoms with Crippen LogP contribution in [0.3, 0.4) is 0 Å². The molecule has 0 fully saturated rings. The van der Waals surface area contributed by atoms with Crippen molar-refractivity contribution in [2.45, 2.75) is 20.8 Å². The average molecular weight is 447 g/mol. The molecule has 0 aliphatic heterocycles. The van der Waals surface area contributed by atoms with Crippen LogP contribution in [0.1, 0.15) is 28.8 Å². The van der Waals surface area contributed by atoms with Gasteiger partial charge in [-0.05, 0) is 62.7 Å². The molecule has 0 atom stereocenters. The van der Waals surface area contributed by atoms with E-state index in [9.17, 15) is 4.79 Å². The van der Waals surface area contributed by atoms with Crippen LogP contribution in [-0.4, -0.2) is 46.5 Å². The lowest BCUT2D eigenvalue weighted by molar-refractivity contribution is 0.102. The molecule has 0 radical (unpaired) electrons. The molecule has 2 heterocycles. The predicted molar refractivity (Wildman–Crippen MR) is 124 cm³/mol. The number of hydrogen-bond donors (Lipinski definition) is 1. The monoisotopic (exact) mass is 447 g/mol. The maximum atomic E-state index is 12.9. The van der Waals surface area contributed by atoms with Crippen LogP contribution in [-0.2, 0) is 0 Å². The van der Waals surface area contributed by atoms with Crippen molar-refractivity contribution in [2.24, 2.45) is 0 Å². The van der Waals surface area contributed by atoms with Gasteiger partial charge in [0.05, 0.1) is 37.8 Å². The molecule has 0 aliphatic rings. The first-order valence-corrected chi connectivity index (χ1v) is 10.5. The Morgan fingerprint density at radius 2 is 1.73 bits per heavy atom. The number of benzene rings is 2. The summed E-state index contributed by atoms with van der Waals surface area (Å²) in [6.07, 6.45) is 0. The Bertz CT molecular complexity index is 1310. The molecular formula is C24H25N5O4. The summed E-state index contributed by atoms with van der Waals surface area (Å²) in [6, 6.07) is 12.8. The average Bonchev–Trinajstić information content (AvgIpc) is 3.17. The number of aromatic nitrogens is 4. The number of ether oxygens (including phenoxy) is 3. The van der Waals surface area contributed by atoms with Crippen molar-refractivity contribution in [1.82, 2.24) is 19.8 Å². The molecule has 2 aromatic heterocycles. The first kappa shape index (κ1) is 22.1. The van der Waals surface area contributed by atoms with Crippen molar-refractivity contribution in [2.75, 3.05) is 26.1 Å². The molecule has 0 unspecified atom stereocenters. The summed E-state index contributed by atoms with van der Waals surface area (Å²) in [5.41, 5.74) is 4.38. The normalized spacial score (nSPS) is 10.8. The highest BCUT2D eigenvalue weighted by Gasteiger charge is 2.21. The summed E-state index contributed by atoms with van der Waals surface area (Å²) in [7, 11) is 3.18. The largest absolute Gasteiger partial charge is 0.494 e. The minimum absolute atomic E-state index is 0.192. The number of aryl methyl sites for hydroxylation is 2. The lowest BCUT2D eigenvalue weighted by atomic mass is 10.1. The number of methoxy groups -OCH3 is 2. The van der Waals surface area contributed by atoms with Crippen molar-refractivity contribution in [3.63, 3.8) is 0 Å². The Hall–Kier alpha value is -4.14. The van der Waals surface area contributed by atoms with Gasteiger partial charge in [0.25, 0.3) is 5.91 Å². The van der Waals surface area contributed by atoms with E-state index in [1.54, 1.807) is 49.9 Å². The van der Waals surface area contributed by atoms with Crippen molar-refractivity contribution in [3.8, 4) is 28.4 Å². The third-order valence-electron chi connectivity index (χ3n) is 5.25. The number of carbonyl (C=O) groups is 1. The van der Waals surface area contributed by atoms with Crippen LogP contribution in [0.15, 0.2) is 42.5 Å². The summed E-state index contributed by atoms with van der Waals surface area (Å²) in [6.45, 7) is 6.18. The number of hydrogen-bond acceptors (Lipinski definition) is 7. The number of anilines is 1. The van der Waals surface area contributed by atoms with Gasteiger partial charge < -0.3 is 19.5 Å². The highest BCUT2D eigenvalue weighted by molar-refractivity contribution is 6.03. The highest BCUT2D eigenvalue weighted by atomic mass is 16.5. The third kappa shape index (κ3) is 4.17. The van der Waals surface area contributed by atoms with Gasteiger partial charge in [-0.25, -0.2) is 4.52 Å². The molecule has 0 spiro atoms. The molecule has 0 saturated heterocycles. The van der Waals surface area contributed by atoms with Gasteiger partial charge in [-0.1, -0.05) is 6.07 Å². The van der Waals surface area contributed by atoms with Crippen LogP contribution >= 0.6 is 0 Å². The highest BCUT2D eigenvalue weighted by Crippen LogP contribution is 2.35. The van der Waals surface area contributed by atoms with Gasteiger partial charge in [0, 0.05) is 5.69 Å². The van der Waals surface area contributed by atoms with Crippen LogP contribution in [0.4, 0.5) is 5.69 Å². The van der Waals surface area contributed by atoms with Gasteiger partial charge in [0.1, 0.15) is 5.75 Å². The zero-order valence-electron chi connectivity index (χ0n) is 19.2. The lowest BCUT2D eigenvalue weighted by Crippen LogP contribution is -2.18. The molecule has 0 bridgehead atoms. The Labute approximate surface area is 191 Å². The van der Waals surface area contributed by atoms with Crippen LogP contribution in [0.5, 0.6) is 17.2 Å². The van der Waals surface area contributed by atoms with Gasteiger partial charge in [-0.3, -0.25) is 4.79 Å². The van der Waals surface area contributed by atoms with Crippen LogP contribution in [0.25, 0.3) is 16.8 Å². The number of carbonyl (C=O) groups excluding carboxylic acids is 1. The Kier molecular flexibility index (Phi) is 6.12. The quantitative estimate of drug-likeness (QED) is 0.456. The molecule has 4 rings (SSSR count). The van der Waals surface area contributed by atoms with Crippen LogP contribution < -0.4 is 19.5 Å². The topological polar surface area (TPSA) is 99.9 Å². The number of amides is 1. The van der Waals surface area contributed by atoms with Crippen molar-refractivity contribution < 1.29 is 19.0 Å². The van der Waals surface area contributed by atoms with E-state index < -0.39 is 0 Å². The standard InChI is InChI=1S/C24H25N5O4/c1-6-33-18-10-8-17(9-11-18)25-24(30)22-15(3)29-23(27-26-22)21(14(2)28-29)16-7-12-19(31-4)20(13-16)32-5/h7-13H,6H2,1-5H3,(H,25,30). The SMILES string of the molecule is CCOc1ccc(NC(=O)c2nnc3c(-c4ccc(OC)c(OC)c4)c(C)nn3c2C)cc1. The third-order valence-corrected chi connectivity index (χ3v) is 5.25. The summed E-state index contributed by atoms with van der Waals surface area (Å²) < 4.78 is 17.8. The smallest absolute Gasteiger partial charge is 0.278 e. The summed E-state index contributed by atoms with van der Waals surface area (Å²) in [4.78, 5) is 12.9. The molecule has 33 heavy (non-hydrogen) atoms. The van der Waals surface area contributed by atoms with E-state index >= 15 is 0 Å². The van der Waals surface area contributed by atoms with E-state index in [0.29, 0.717) is 35.1 Å². The number of nitrogens with zero attached hydrogens (tertiary/aromatic N) is 4. The molecule has 170 valence electrons. The van der Waals surface area contributed by atoms with E-state index in [0.717, 1.165) is 22.6 Å². The van der Waals surface area contributed by atoms with E-state index in [2.05, 4.69) is 20.6 Å². The predicted octanol–water partition coefficient (Wildman–Crippen LogP) is 4.08. The number of rotatable bonds is 7. The van der Waals surface area contributed by atoms with Crippen molar-refractivity contribution >= 4 is 17.2 Å². The minimum Gasteiger partial charge on any atom is -0.494 e. The molecule has 1 amide bonds. The first-order chi connectivity index (χ1) is 16.0. The molecule has 2 aromatic carbocycles. The van der Waals surface area contributed by atoms with E-state index in [-0.39, 0.29) is 11.6 Å². The fourth-order valence-electron chi connectivity index (χ4n) is 3.64. The van der Waals surface area contributed by atoms with Gasteiger partial charge in [-0.15, -0.1) is 10.2 Å². The van der Waals surface area contributed by atoms with Gasteiger partial charge in [0.2, 0.25) is 0 Å². The van der Waals surface area contributed by atoms with Crippen molar-refractivity contribution in [1.29, 1.82) is 0 Å². The zero-order valence-corrected chi connectivity index (χ0v) is 19.2. The molecule has 9 heteroatoms. The summed E-state index contributed by atoms with van der Waals surface area (Å²) >= 11 is 0. The Morgan fingerprint density at radius 3 is 2.39 bits per heavy atom. The maximum absolute atomic E-state index is 12.9. The summed E-state index contributed by atoms with van der Waals surface area (Å²) in [5.74, 6) is 1.60. The molecule has 0 saturated carbocycles. The number of fused-ring (bicyclic) bond motifs is 1. The van der Waals surface area contributed by atoms with Gasteiger partial charge >= 0.3 is 0 Å². The fraction of sp³-hybridized carbons (Fsp3) is 0.250. The molecule has 0 aliphatic carbocycles. The fourth-order valence-corrected chi connectivity index (χ4v) is 3.64. The molecule has 4 aromatic rings. The molecular weight excluding hydrogens is 422 g/mol. The second-order valence-corrected chi connectivity index (χ2v) is 7.31. The van der Waals surface area contributed by atoms with Crippen LogP contribution in [0, 0.1) is 13.8 Å². The van der Waals surface area contributed by atoms with Gasteiger partial charge in [-0.2, -0.15) is 5.10 Å².